The molecule has 0 aromatic carbocycles. The maximum Gasteiger partial charge on any atom is 0.306 e. The summed E-state index contributed by atoms with van der Waals surface area (Å²) in [6.07, 6.45) is 3.99. The van der Waals surface area contributed by atoms with Crippen LogP contribution in [0, 0.1) is 0 Å². The number of hydrogen-bond donors (Lipinski definition) is 0. The molecule has 0 atom stereocenters. The molecule has 0 aliphatic carbocycles. The van der Waals surface area contributed by atoms with E-state index in [0.717, 1.165) is 6.26 Å². The summed E-state index contributed by atoms with van der Waals surface area (Å²) >= 11 is 0. The van der Waals surface area contributed by atoms with Crippen molar-refractivity contribution in [2.45, 2.75) is 51.9 Å². The van der Waals surface area contributed by atoms with E-state index in [0.29, 0.717) is 32.1 Å². The Kier molecular flexibility index (Phi) is 11.6. The average molecular weight is 402 g/mol. The summed E-state index contributed by atoms with van der Waals surface area (Å²) in [5, 5.41) is 0. The Bertz CT molecular complexity index is 608. The van der Waals surface area contributed by atoms with Gasteiger partial charge in [-0.05, 0) is 19.3 Å². The molecule has 0 fully saturated rings. The predicted octanol–water partition coefficient (Wildman–Crippen LogP) is 1.13. The smallest absolute Gasteiger partial charge is 0.306 e. The summed E-state index contributed by atoms with van der Waals surface area (Å²) in [6.45, 7) is 1.80. The Morgan fingerprint density at radius 1 is 0.800 bits per heavy atom. The minimum atomic E-state index is -3.84. The molecule has 0 heterocycles. The van der Waals surface area contributed by atoms with E-state index in [1.54, 1.807) is 6.92 Å². The van der Waals surface area contributed by atoms with Gasteiger partial charge in [0.1, 0.15) is 0 Å². The first-order valence-corrected chi connectivity index (χ1v) is 11.6. The van der Waals surface area contributed by atoms with Crippen LogP contribution in [0.25, 0.3) is 0 Å². The lowest BCUT2D eigenvalue weighted by molar-refractivity contribution is -0.143. The van der Waals surface area contributed by atoms with Crippen molar-refractivity contribution < 1.29 is 40.1 Å². The number of sulfone groups is 1. The molecule has 11 heteroatoms. The summed E-state index contributed by atoms with van der Waals surface area (Å²) in [6, 6.07) is 0. The van der Waals surface area contributed by atoms with Crippen molar-refractivity contribution in [2.24, 2.45) is 0 Å². The quantitative estimate of drug-likeness (QED) is 0.238. The third-order valence-corrected chi connectivity index (χ3v) is 4.26. The molecule has 0 N–H and O–H groups in total. The molecule has 0 amide bonds. The fraction of sp³-hybridized carbons (Fsp3) is 0.857. The third-order valence-electron chi connectivity index (χ3n) is 2.78. The molecular weight excluding hydrogens is 376 g/mol. The highest BCUT2D eigenvalue weighted by Crippen LogP contribution is 2.08. The van der Waals surface area contributed by atoms with Gasteiger partial charge in [0.2, 0.25) is 5.94 Å². The van der Waals surface area contributed by atoms with E-state index in [2.05, 4.69) is 13.7 Å². The van der Waals surface area contributed by atoms with Crippen LogP contribution in [0.1, 0.15) is 51.9 Å². The third kappa shape index (κ3) is 16.0. The number of hydrogen-bond acceptors (Lipinski definition) is 9. The molecule has 0 aromatic rings. The van der Waals surface area contributed by atoms with Gasteiger partial charge in [-0.15, -0.1) is 0 Å². The highest BCUT2D eigenvalue weighted by molar-refractivity contribution is 7.90. The van der Waals surface area contributed by atoms with Gasteiger partial charge in [-0.25, -0.2) is 8.42 Å². The van der Waals surface area contributed by atoms with Crippen molar-refractivity contribution in [3.8, 4) is 0 Å². The molecule has 0 saturated heterocycles. The van der Waals surface area contributed by atoms with E-state index in [4.69, 9.17) is 0 Å². The van der Waals surface area contributed by atoms with E-state index >= 15 is 0 Å². The van der Waals surface area contributed by atoms with Crippen molar-refractivity contribution in [1.82, 2.24) is 0 Å². The molecule has 0 rings (SSSR count). The normalized spacial score (nSPS) is 11.9. The topological polar surface area (TPSA) is 130 Å². The SMILES string of the molecule is CCCOS(=O)(=O)COC(=O)CCCCCCC(=O)OCS(C)(=O)=O. The van der Waals surface area contributed by atoms with Crippen LogP contribution in [0.5, 0.6) is 0 Å². The highest BCUT2D eigenvalue weighted by atomic mass is 32.2. The molecule has 148 valence electrons. The maximum atomic E-state index is 11.4. The van der Waals surface area contributed by atoms with E-state index in [1.807, 2.05) is 0 Å². The molecule has 0 spiro atoms. The second-order valence-electron chi connectivity index (χ2n) is 5.49. The van der Waals surface area contributed by atoms with Gasteiger partial charge in [0, 0.05) is 19.1 Å². The minimum Gasteiger partial charge on any atom is -0.449 e. The average Bonchev–Trinajstić information content (AvgIpc) is 2.52. The van der Waals surface area contributed by atoms with Crippen LogP contribution < -0.4 is 0 Å². The molecule has 0 aromatic heterocycles. The minimum absolute atomic E-state index is 0.0481. The number of carbonyl (C=O) groups is 2. The van der Waals surface area contributed by atoms with Gasteiger partial charge in [0.15, 0.2) is 15.8 Å². The zero-order chi connectivity index (χ0) is 19.3. The molecule has 0 aliphatic rings. The van der Waals surface area contributed by atoms with Crippen LogP contribution in [0.4, 0.5) is 0 Å². The molecule has 0 unspecified atom stereocenters. The van der Waals surface area contributed by atoms with Crippen molar-refractivity contribution >= 4 is 31.9 Å². The second kappa shape index (κ2) is 12.2. The van der Waals surface area contributed by atoms with E-state index in [-0.39, 0.29) is 19.4 Å². The number of ether oxygens (including phenoxy) is 2. The lowest BCUT2D eigenvalue weighted by Gasteiger charge is -2.06. The van der Waals surface area contributed by atoms with Crippen LogP contribution in [-0.4, -0.2) is 53.5 Å². The Morgan fingerprint density at radius 2 is 1.28 bits per heavy atom. The van der Waals surface area contributed by atoms with Crippen LogP contribution in [0.3, 0.4) is 0 Å². The van der Waals surface area contributed by atoms with Gasteiger partial charge in [0.25, 0.3) is 0 Å². The first-order chi connectivity index (χ1) is 11.6. The number of unbranched alkanes of at least 4 members (excludes halogenated alkanes) is 3. The zero-order valence-electron chi connectivity index (χ0n) is 14.6. The van der Waals surface area contributed by atoms with Gasteiger partial charge < -0.3 is 9.47 Å². The lowest BCUT2D eigenvalue weighted by atomic mass is 10.1. The summed E-state index contributed by atoms with van der Waals surface area (Å²) in [5.41, 5.74) is 0. The van der Waals surface area contributed by atoms with Crippen LogP contribution >= 0.6 is 0 Å². The van der Waals surface area contributed by atoms with Crippen molar-refractivity contribution in [2.75, 3.05) is 24.7 Å². The Labute approximate surface area is 149 Å². The monoisotopic (exact) mass is 402 g/mol. The maximum absolute atomic E-state index is 11.4. The molecule has 0 radical (unpaired) electrons. The summed E-state index contributed by atoms with van der Waals surface area (Å²) < 4.78 is 58.0. The number of rotatable bonds is 14. The fourth-order valence-corrected chi connectivity index (χ4v) is 2.70. The van der Waals surface area contributed by atoms with Crippen LogP contribution in [0.2, 0.25) is 0 Å². The van der Waals surface area contributed by atoms with Crippen molar-refractivity contribution in [3.05, 3.63) is 0 Å². The van der Waals surface area contributed by atoms with Crippen molar-refractivity contribution in [3.63, 3.8) is 0 Å². The number of esters is 2. The van der Waals surface area contributed by atoms with Gasteiger partial charge in [0.05, 0.1) is 6.61 Å². The van der Waals surface area contributed by atoms with Gasteiger partial charge >= 0.3 is 22.1 Å². The largest absolute Gasteiger partial charge is 0.449 e. The standard InChI is InChI=1S/C14H26O9S2/c1-3-10-23-25(19,20)12-22-14(16)9-7-5-4-6-8-13(15)21-11-24(2,17)18/h3-12H2,1-2H3. The molecular formula is C14H26O9S2. The molecule has 0 bridgehead atoms. The van der Waals surface area contributed by atoms with Crippen LogP contribution in [0.15, 0.2) is 0 Å². The predicted molar refractivity (Wildman–Crippen MR) is 89.6 cm³/mol. The summed E-state index contributed by atoms with van der Waals surface area (Å²) in [4.78, 5) is 22.7. The molecule has 0 aliphatic heterocycles. The molecule has 0 saturated carbocycles. The Balaban J connectivity index is 3.68. The first-order valence-electron chi connectivity index (χ1n) is 7.92. The lowest BCUT2D eigenvalue weighted by Crippen LogP contribution is -2.17. The summed E-state index contributed by atoms with van der Waals surface area (Å²) in [7, 11) is -7.18. The van der Waals surface area contributed by atoms with E-state index in [1.165, 1.54) is 0 Å². The fourth-order valence-electron chi connectivity index (χ4n) is 1.59. The first kappa shape index (κ1) is 23.8. The van der Waals surface area contributed by atoms with E-state index in [9.17, 15) is 26.4 Å². The number of carbonyl (C=O) groups excluding carboxylic acids is 2. The van der Waals surface area contributed by atoms with Crippen LogP contribution in [-0.2, 0) is 43.2 Å². The van der Waals surface area contributed by atoms with Gasteiger partial charge in [-0.3, -0.25) is 13.8 Å². The second-order valence-corrected chi connectivity index (χ2v) is 9.16. The van der Waals surface area contributed by atoms with Crippen molar-refractivity contribution in [1.29, 1.82) is 0 Å². The summed E-state index contributed by atoms with van der Waals surface area (Å²) in [5.74, 6) is -2.63. The molecule has 25 heavy (non-hydrogen) atoms. The highest BCUT2D eigenvalue weighted by Gasteiger charge is 2.14. The molecule has 9 nitrogen and oxygen atoms in total. The van der Waals surface area contributed by atoms with Gasteiger partial charge in [-0.2, -0.15) is 8.42 Å². The zero-order valence-corrected chi connectivity index (χ0v) is 16.2. The van der Waals surface area contributed by atoms with E-state index < -0.39 is 43.8 Å². The van der Waals surface area contributed by atoms with Gasteiger partial charge in [-0.1, -0.05) is 19.8 Å². The Morgan fingerprint density at radius 3 is 1.72 bits per heavy atom. The Hall–Kier alpha value is -1.20.